The highest BCUT2D eigenvalue weighted by molar-refractivity contribution is 5.76. The monoisotopic (exact) mass is 342 g/mol. The fourth-order valence-electron chi connectivity index (χ4n) is 3.18. The van der Waals surface area contributed by atoms with Crippen LogP contribution in [0, 0.1) is 13.8 Å². The summed E-state index contributed by atoms with van der Waals surface area (Å²) in [6.45, 7) is 4.02. The standard InChI is InChI=1S/C18H26N6O/c1-11-12(2)22-23-14(11)8-9-17(25)20-15-6-5-7-16-13(15)10-19-18(21-16)24(3)4/h10,15H,5-9H2,1-4H3,(H,20,25)(H,22,23)/t15-/m0/s1. The minimum atomic E-state index is 0.00878. The Kier molecular flexibility index (Phi) is 5.01. The first-order valence-corrected chi connectivity index (χ1v) is 8.78. The minimum absolute atomic E-state index is 0.00878. The van der Waals surface area contributed by atoms with Gasteiger partial charge >= 0.3 is 0 Å². The van der Waals surface area contributed by atoms with Crippen molar-refractivity contribution in [3.63, 3.8) is 0 Å². The van der Waals surface area contributed by atoms with Crippen LogP contribution in [0.25, 0.3) is 0 Å². The fourth-order valence-corrected chi connectivity index (χ4v) is 3.18. The van der Waals surface area contributed by atoms with Crippen LogP contribution in [0.3, 0.4) is 0 Å². The number of hydrogen-bond donors (Lipinski definition) is 2. The number of aromatic amines is 1. The number of carbonyl (C=O) groups is 1. The molecule has 1 aliphatic carbocycles. The molecule has 7 nitrogen and oxygen atoms in total. The zero-order valence-corrected chi connectivity index (χ0v) is 15.4. The fraction of sp³-hybridized carbons (Fsp3) is 0.556. The van der Waals surface area contributed by atoms with Crippen molar-refractivity contribution in [3.05, 3.63) is 34.4 Å². The molecule has 3 rings (SSSR count). The van der Waals surface area contributed by atoms with E-state index >= 15 is 0 Å². The molecule has 1 amide bonds. The molecule has 2 aromatic heterocycles. The summed E-state index contributed by atoms with van der Waals surface area (Å²) in [5, 5.41) is 10.4. The van der Waals surface area contributed by atoms with Crippen LogP contribution >= 0.6 is 0 Å². The lowest BCUT2D eigenvalue weighted by molar-refractivity contribution is -0.121. The second-order valence-corrected chi connectivity index (χ2v) is 6.90. The molecule has 2 heterocycles. The molecule has 0 aliphatic heterocycles. The second kappa shape index (κ2) is 7.21. The van der Waals surface area contributed by atoms with E-state index in [2.05, 4.69) is 25.5 Å². The summed E-state index contributed by atoms with van der Waals surface area (Å²) in [4.78, 5) is 23.3. The highest BCUT2D eigenvalue weighted by Crippen LogP contribution is 2.29. The molecule has 0 unspecified atom stereocenters. The number of fused-ring (bicyclic) bond motifs is 1. The maximum atomic E-state index is 12.4. The van der Waals surface area contributed by atoms with Gasteiger partial charge in [0.1, 0.15) is 0 Å². The molecule has 2 aromatic rings. The first kappa shape index (κ1) is 17.4. The van der Waals surface area contributed by atoms with E-state index in [0.717, 1.165) is 53.4 Å². The van der Waals surface area contributed by atoms with Crippen LogP contribution in [0.4, 0.5) is 5.95 Å². The number of aromatic nitrogens is 4. The summed E-state index contributed by atoms with van der Waals surface area (Å²) in [5.74, 6) is 0.768. The Morgan fingerprint density at radius 2 is 2.20 bits per heavy atom. The lowest BCUT2D eigenvalue weighted by atomic mass is 9.92. The van der Waals surface area contributed by atoms with Gasteiger partial charge in [0.05, 0.1) is 17.4 Å². The van der Waals surface area contributed by atoms with Crippen molar-refractivity contribution in [2.45, 2.75) is 52.0 Å². The SMILES string of the molecule is Cc1[nH]nc(CCC(=O)N[C@H]2CCCc3nc(N(C)C)ncc32)c1C. The molecule has 25 heavy (non-hydrogen) atoms. The number of rotatable bonds is 5. The third-order valence-electron chi connectivity index (χ3n) is 4.85. The lowest BCUT2D eigenvalue weighted by Gasteiger charge is -2.26. The Bertz CT molecular complexity index is 767. The molecule has 134 valence electrons. The zero-order chi connectivity index (χ0) is 18.0. The van der Waals surface area contributed by atoms with Crippen molar-refractivity contribution in [2.75, 3.05) is 19.0 Å². The molecule has 7 heteroatoms. The van der Waals surface area contributed by atoms with Crippen molar-refractivity contribution in [1.82, 2.24) is 25.5 Å². The van der Waals surface area contributed by atoms with Crippen LogP contribution in [0.15, 0.2) is 6.20 Å². The predicted octanol–water partition coefficient (Wildman–Crippen LogP) is 2.01. The normalized spacial score (nSPS) is 16.4. The molecule has 0 saturated carbocycles. The number of carbonyl (C=O) groups excluding carboxylic acids is 1. The van der Waals surface area contributed by atoms with Gasteiger partial charge in [0, 0.05) is 44.4 Å². The molecule has 0 spiro atoms. The van der Waals surface area contributed by atoms with E-state index in [1.165, 1.54) is 0 Å². The van der Waals surface area contributed by atoms with Gasteiger partial charge in [-0.2, -0.15) is 5.10 Å². The summed E-state index contributed by atoms with van der Waals surface area (Å²) in [5.41, 5.74) is 5.27. The number of anilines is 1. The third kappa shape index (κ3) is 3.81. The number of aryl methyl sites for hydroxylation is 3. The number of nitrogens with one attached hydrogen (secondary N) is 2. The Morgan fingerprint density at radius 1 is 1.40 bits per heavy atom. The summed E-state index contributed by atoms with van der Waals surface area (Å²) in [7, 11) is 3.87. The van der Waals surface area contributed by atoms with E-state index in [9.17, 15) is 4.79 Å². The first-order chi connectivity index (χ1) is 12.0. The Labute approximate surface area is 148 Å². The maximum absolute atomic E-state index is 12.4. The number of amides is 1. The van der Waals surface area contributed by atoms with Gasteiger partial charge in [-0.1, -0.05) is 0 Å². The molecule has 0 aromatic carbocycles. The molecule has 1 atom stereocenters. The van der Waals surface area contributed by atoms with Gasteiger partial charge in [0.15, 0.2) is 0 Å². The first-order valence-electron chi connectivity index (χ1n) is 8.78. The van der Waals surface area contributed by atoms with Crippen molar-refractivity contribution in [2.24, 2.45) is 0 Å². The summed E-state index contributed by atoms with van der Waals surface area (Å²) in [6, 6.07) is 0.00878. The van der Waals surface area contributed by atoms with Crippen LogP contribution in [0.1, 0.15) is 53.5 Å². The average Bonchev–Trinajstić information content (AvgIpc) is 2.91. The van der Waals surface area contributed by atoms with Crippen molar-refractivity contribution in [3.8, 4) is 0 Å². The molecule has 0 bridgehead atoms. The van der Waals surface area contributed by atoms with E-state index in [0.29, 0.717) is 12.8 Å². The number of hydrogen-bond acceptors (Lipinski definition) is 5. The summed E-state index contributed by atoms with van der Waals surface area (Å²) in [6.07, 6.45) is 5.86. The quantitative estimate of drug-likeness (QED) is 0.868. The van der Waals surface area contributed by atoms with E-state index in [4.69, 9.17) is 0 Å². The Balaban J connectivity index is 1.64. The lowest BCUT2D eigenvalue weighted by Crippen LogP contribution is -2.32. The van der Waals surface area contributed by atoms with Gasteiger partial charge < -0.3 is 10.2 Å². The number of nitrogens with zero attached hydrogens (tertiary/aromatic N) is 4. The van der Waals surface area contributed by atoms with Crippen LogP contribution in [0.5, 0.6) is 0 Å². The second-order valence-electron chi connectivity index (χ2n) is 6.90. The van der Waals surface area contributed by atoms with Crippen LogP contribution < -0.4 is 10.2 Å². The largest absolute Gasteiger partial charge is 0.349 e. The van der Waals surface area contributed by atoms with Gasteiger partial charge in [-0.15, -0.1) is 0 Å². The van der Waals surface area contributed by atoms with Gasteiger partial charge in [-0.25, -0.2) is 9.97 Å². The highest BCUT2D eigenvalue weighted by Gasteiger charge is 2.24. The Hall–Kier alpha value is -2.44. The molecule has 0 radical (unpaired) electrons. The van der Waals surface area contributed by atoms with Crippen molar-refractivity contribution in [1.29, 1.82) is 0 Å². The van der Waals surface area contributed by atoms with Crippen molar-refractivity contribution >= 4 is 11.9 Å². The Morgan fingerprint density at radius 3 is 2.88 bits per heavy atom. The predicted molar refractivity (Wildman–Crippen MR) is 96.6 cm³/mol. The van der Waals surface area contributed by atoms with E-state index in [-0.39, 0.29) is 11.9 Å². The molecule has 2 N–H and O–H groups in total. The average molecular weight is 342 g/mol. The van der Waals surface area contributed by atoms with Gasteiger partial charge in [0.2, 0.25) is 11.9 Å². The van der Waals surface area contributed by atoms with Gasteiger partial charge in [-0.05, 0) is 38.7 Å². The van der Waals surface area contributed by atoms with Crippen molar-refractivity contribution < 1.29 is 4.79 Å². The molecule has 0 fully saturated rings. The molecular formula is C18H26N6O. The van der Waals surface area contributed by atoms with E-state index in [1.807, 2.05) is 39.0 Å². The highest BCUT2D eigenvalue weighted by atomic mass is 16.1. The van der Waals surface area contributed by atoms with Crippen LogP contribution in [0.2, 0.25) is 0 Å². The van der Waals surface area contributed by atoms with Gasteiger partial charge in [-0.3, -0.25) is 9.89 Å². The third-order valence-corrected chi connectivity index (χ3v) is 4.85. The van der Waals surface area contributed by atoms with Crippen LogP contribution in [-0.2, 0) is 17.6 Å². The molecule has 1 aliphatic rings. The van der Waals surface area contributed by atoms with Crippen LogP contribution in [-0.4, -0.2) is 40.2 Å². The van der Waals surface area contributed by atoms with E-state index in [1.54, 1.807) is 0 Å². The molecule has 0 saturated heterocycles. The minimum Gasteiger partial charge on any atom is -0.349 e. The molecular weight excluding hydrogens is 316 g/mol. The topological polar surface area (TPSA) is 86.8 Å². The smallest absolute Gasteiger partial charge is 0.225 e. The van der Waals surface area contributed by atoms with Gasteiger partial charge in [0.25, 0.3) is 0 Å². The summed E-state index contributed by atoms with van der Waals surface area (Å²) >= 11 is 0. The maximum Gasteiger partial charge on any atom is 0.225 e. The zero-order valence-electron chi connectivity index (χ0n) is 15.4. The van der Waals surface area contributed by atoms with E-state index < -0.39 is 0 Å². The summed E-state index contributed by atoms with van der Waals surface area (Å²) < 4.78 is 0. The number of H-pyrrole nitrogens is 1.